The van der Waals surface area contributed by atoms with Crippen LogP contribution < -0.4 is 9.80 Å². The summed E-state index contributed by atoms with van der Waals surface area (Å²) in [4.78, 5) is 20.0. The Morgan fingerprint density at radius 2 is 1.74 bits per heavy atom. The predicted molar refractivity (Wildman–Crippen MR) is 164 cm³/mol. The number of nitrogens with zero attached hydrogens (tertiary/aromatic N) is 6. The van der Waals surface area contributed by atoms with Crippen LogP contribution >= 0.6 is 15.9 Å². The van der Waals surface area contributed by atoms with Gasteiger partial charge in [-0.25, -0.2) is 9.97 Å². The first-order valence-electron chi connectivity index (χ1n) is 14.1. The van der Waals surface area contributed by atoms with Gasteiger partial charge in [-0.3, -0.25) is 0 Å². The van der Waals surface area contributed by atoms with Crippen molar-refractivity contribution in [2.45, 2.75) is 77.8 Å². The van der Waals surface area contributed by atoms with Gasteiger partial charge in [-0.2, -0.15) is 4.98 Å². The third-order valence-electron chi connectivity index (χ3n) is 8.33. The van der Waals surface area contributed by atoms with E-state index in [4.69, 9.17) is 15.0 Å². The van der Waals surface area contributed by atoms with Gasteiger partial charge >= 0.3 is 0 Å². The van der Waals surface area contributed by atoms with Gasteiger partial charge in [0.25, 0.3) is 0 Å². The van der Waals surface area contributed by atoms with Crippen LogP contribution in [0.4, 0.5) is 11.6 Å². The fourth-order valence-electron chi connectivity index (χ4n) is 5.83. The maximum Gasteiger partial charge on any atom is 0.227 e. The highest BCUT2D eigenvalue weighted by Crippen LogP contribution is 2.39. The third kappa shape index (κ3) is 5.18. The van der Waals surface area contributed by atoms with Crippen molar-refractivity contribution in [3.63, 3.8) is 0 Å². The molecule has 6 rings (SSSR count). The van der Waals surface area contributed by atoms with Gasteiger partial charge in [-0.15, -0.1) is 0 Å². The van der Waals surface area contributed by atoms with Gasteiger partial charge < -0.3 is 14.4 Å². The highest BCUT2D eigenvalue weighted by molar-refractivity contribution is 9.10. The van der Waals surface area contributed by atoms with Crippen LogP contribution in [0.15, 0.2) is 53.3 Å². The molecular formula is C32H39BrN6. The largest absolute Gasteiger partial charge is 0.363 e. The number of aryl methyl sites for hydroxylation is 1. The monoisotopic (exact) mass is 586 g/mol. The zero-order chi connectivity index (χ0) is 27.5. The minimum Gasteiger partial charge on any atom is -0.363 e. The molecule has 0 spiro atoms. The highest BCUT2D eigenvalue weighted by Gasteiger charge is 2.36. The summed E-state index contributed by atoms with van der Waals surface area (Å²) in [5.74, 6) is 0.798. The number of hydrogen-bond donors (Lipinski definition) is 0. The zero-order valence-corrected chi connectivity index (χ0v) is 25.6. The molecular weight excluding hydrogens is 548 g/mol. The molecule has 4 aromatic rings. The number of benzene rings is 2. The molecule has 7 heteroatoms. The molecule has 1 aliphatic carbocycles. The van der Waals surface area contributed by atoms with E-state index < -0.39 is 0 Å². The molecule has 1 saturated heterocycles. The summed E-state index contributed by atoms with van der Waals surface area (Å²) in [7, 11) is 0. The van der Waals surface area contributed by atoms with Gasteiger partial charge in [-0.05, 0) is 80.0 Å². The molecule has 1 aliphatic heterocycles. The van der Waals surface area contributed by atoms with E-state index in [9.17, 15) is 0 Å². The number of piperazine rings is 1. The number of hydrogen-bond acceptors (Lipinski definition) is 5. The maximum absolute atomic E-state index is 5.30. The summed E-state index contributed by atoms with van der Waals surface area (Å²) in [5, 5.41) is 0. The Morgan fingerprint density at radius 3 is 2.41 bits per heavy atom. The topological polar surface area (TPSA) is 50.1 Å². The first-order valence-corrected chi connectivity index (χ1v) is 14.9. The van der Waals surface area contributed by atoms with Crippen LogP contribution in [-0.2, 0) is 11.8 Å². The van der Waals surface area contributed by atoms with Crippen LogP contribution in [0, 0.1) is 6.92 Å². The second kappa shape index (κ2) is 9.61. The smallest absolute Gasteiger partial charge is 0.227 e. The molecule has 6 nitrogen and oxygen atoms in total. The Bertz CT molecular complexity index is 1510. The summed E-state index contributed by atoms with van der Waals surface area (Å²) >= 11 is 3.57. The zero-order valence-electron chi connectivity index (χ0n) is 24.0. The average Bonchev–Trinajstić information content (AvgIpc) is 3.63. The number of halogens is 1. The molecule has 2 fully saturated rings. The molecule has 0 N–H and O–H groups in total. The predicted octanol–water partition coefficient (Wildman–Crippen LogP) is 7.23. The van der Waals surface area contributed by atoms with Crippen molar-refractivity contribution in [2.75, 3.05) is 29.4 Å². The second-order valence-corrected chi connectivity index (χ2v) is 13.9. The van der Waals surface area contributed by atoms with Crippen LogP contribution in [0.2, 0.25) is 0 Å². The van der Waals surface area contributed by atoms with Crippen LogP contribution in [0.25, 0.3) is 11.2 Å². The van der Waals surface area contributed by atoms with E-state index in [2.05, 4.69) is 114 Å². The number of aromatic nitrogens is 4. The fraction of sp³-hybridized carbons (Fsp3) is 0.469. The Balaban J connectivity index is 1.37. The first kappa shape index (κ1) is 26.3. The van der Waals surface area contributed by atoms with Crippen molar-refractivity contribution >= 4 is 38.7 Å². The lowest BCUT2D eigenvalue weighted by molar-refractivity contribution is 0.411. The molecule has 0 radical (unpaired) electrons. The Hall–Kier alpha value is -2.93. The lowest BCUT2D eigenvalue weighted by Crippen LogP contribution is -2.60. The van der Waals surface area contributed by atoms with Crippen molar-refractivity contribution in [1.29, 1.82) is 0 Å². The fourth-order valence-corrected chi connectivity index (χ4v) is 6.10. The van der Waals surface area contributed by atoms with E-state index in [1.54, 1.807) is 0 Å². The van der Waals surface area contributed by atoms with Gasteiger partial charge in [0.15, 0.2) is 5.65 Å². The number of imidazole rings is 1. The minimum atomic E-state index is -0.0738. The molecule has 39 heavy (non-hydrogen) atoms. The van der Waals surface area contributed by atoms with Crippen molar-refractivity contribution in [3.8, 4) is 0 Å². The Morgan fingerprint density at radius 1 is 1.00 bits per heavy atom. The van der Waals surface area contributed by atoms with Crippen molar-refractivity contribution in [2.24, 2.45) is 0 Å². The molecule has 0 unspecified atom stereocenters. The summed E-state index contributed by atoms with van der Waals surface area (Å²) in [5.41, 5.74) is 8.28. The maximum atomic E-state index is 5.30. The summed E-state index contributed by atoms with van der Waals surface area (Å²) in [6, 6.07) is 16.1. The van der Waals surface area contributed by atoms with Crippen molar-refractivity contribution in [3.05, 3.63) is 75.6 Å². The molecule has 3 heterocycles. The van der Waals surface area contributed by atoms with Crippen LogP contribution in [0.5, 0.6) is 0 Å². The van der Waals surface area contributed by atoms with Crippen molar-refractivity contribution < 1.29 is 0 Å². The van der Waals surface area contributed by atoms with E-state index in [1.807, 2.05) is 6.33 Å². The van der Waals surface area contributed by atoms with Gasteiger partial charge in [0.2, 0.25) is 5.95 Å². The van der Waals surface area contributed by atoms with E-state index in [0.717, 1.165) is 53.3 Å². The van der Waals surface area contributed by atoms with Crippen LogP contribution in [-0.4, -0.2) is 44.7 Å². The van der Waals surface area contributed by atoms with Crippen LogP contribution in [0.3, 0.4) is 0 Å². The molecule has 0 atom stereocenters. The summed E-state index contributed by atoms with van der Waals surface area (Å²) in [6.45, 7) is 16.3. The summed E-state index contributed by atoms with van der Waals surface area (Å²) < 4.78 is 3.43. The Labute approximate surface area is 240 Å². The SMILES string of the molecule is Cc1ccc(C(C)(C)C)cc1Cc1nc(N2CCN(c3ccc(Br)cc3)C(C)(C)C2)nc2ncn(C3CC3)c12. The minimum absolute atomic E-state index is 0.0738. The van der Waals surface area contributed by atoms with E-state index in [-0.39, 0.29) is 11.0 Å². The standard InChI is InChI=1S/C32H39BrN6/c1-21-7-8-23(31(2,3)4)17-22(21)18-27-28-29(34-20-38(28)25-13-14-25)36-30(35-27)37-15-16-39(32(5,6)19-37)26-11-9-24(33)10-12-26/h7-12,17,20,25H,13-16,18-19H2,1-6H3. The Kier molecular flexibility index (Phi) is 6.48. The van der Waals surface area contributed by atoms with Crippen LogP contribution in [0.1, 0.15) is 75.9 Å². The van der Waals surface area contributed by atoms with E-state index >= 15 is 0 Å². The first-order chi connectivity index (χ1) is 18.5. The third-order valence-corrected chi connectivity index (χ3v) is 8.85. The number of rotatable bonds is 5. The van der Waals surface area contributed by atoms with Gasteiger partial charge in [0.1, 0.15) is 5.52 Å². The summed E-state index contributed by atoms with van der Waals surface area (Å²) in [6.07, 6.45) is 5.18. The van der Waals surface area contributed by atoms with Crippen molar-refractivity contribution in [1.82, 2.24) is 19.5 Å². The normalized spacial score (nSPS) is 17.7. The molecule has 1 saturated carbocycles. The lowest BCUT2D eigenvalue weighted by atomic mass is 9.84. The molecule has 0 amide bonds. The molecule has 2 aromatic heterocycles. The van der Waals surface area contributed by atoms with Gasteiger partial charge in [0.05, 0.1) is 17.6 Å². The highest BCUT2D eigenvalue weighted by atomic mass is 79.9. The molecule has 2 aliphatic rings. The van der Waals surface area contributed by atoms with E-state index in [1.165, 1.54) is 35.2 Å². The second-order valence-electron chi connectivity index (χ2n) is 13.0. The molecule has 0 bridgehead atoms. The van der Waals surface area contributed by atoms with Gasteiger partial charge in [0, 0.05) is 42.3 Å². The molecule has 204 valence electrons. The molecule has 2 aromatic carbocycles. The number of anilines is 2. The average molecular weight is 588 g/mol. The van der Waals surface area contributed by atoms with E-state index in [0.29, 0.717) is 6.04 Å². The van der Waals surface area contributed by atoms with Gasteiger partial charge in [-0.1, -0.05) is 54.9 Å². The lowest BCUT2D eigenvalue weighted by Gasteiger charge is -2.48. The number of fused-ring (bicyclic) bond motifs is 1. The quantitative estimate of drug-likeness (QED) is 0.247.